The van der Waals surface area contributed by atoms with E-state index in [0.29, 0.717) is 22.7 Å². The number of hydrogen-bond acceptors (Lipinski definition) is 6. The van der Waals surface area contributed by atoms with Crippen LogP contribution >= 0.6 is 11.3 Å². The van der Waals surface area contributed by atoms with Crippen molar-refractivity contribution in [3.63, 3.8) is 0 Å². The monoisotopic (exact) mass is 466 g/mol. The van der Waals surface area contributed by atoms with Crippen LogP contribution in [-0.2, 0) is 23.0 Å². The van der Waals surface area contributed by atoms with Gasteiger partial charge in [0.2, 0.25) is 0 Å². The number of aryl methyl sites for hydroxylation is 2. The predicted octanol–water partition coefficient (Wildman–Crippen LogP) is 4.85. The van der Waals surface area contributed by atoms with Crippen LogP contribution in [0.4, 0.5) is 0 Å². The van der Waals surface area contributed by atoms with Crippen LogP contribution in [0, 0.1) is 12.8 Å². The van der Waals surface area contributed by atoms with Crippen LogP contribution in [0.2, 0.25) is 0 Å². The highest BCUT2D eigenvalue weighted by molar-refractivity contribution is 7.87. The third-order valence-corrected chi connectivity index (χ3v) is 8.22. The summed E-state index contributed by atoms with van der Waals surface area (Å²) in [7, 11) is -3.92. The lowest BCUT2D eigenvalue weighted by Gasteiger charge is -2.17. The highest BCUT2D eigenvalue weighted by atomic mass is 32.2. The molecule has 2 aromatic heterocycles. The summed E-state index contributed by atoms with van der Waals surface area (Å²) in [5, 5.41) is 0.713. The van der Waals surface area contributed by atoms with E-state index in [1.165, 1.54) is 17.0 Å². The fourth-order valence-electron chi connectivity index (χ4n) is 4.03. The number of nitrogens with zero attached hydrogens (tertiary/aromatic N) is 1. The van der Waals surface area contributed by atoms with Gasteiger partial charge in [0.1, 0.15) is 21.3 Å². The van der Waals surface area contributed by atoms with Crippen LogP contribution in [-0.4, -0.2) is 18.4 Å². The minimum Gasteiger partial charge on any atom is -0.379 e. The molecule has 0 saturated heterocycles. The van der Waals surface area contributed by atoms with E-state index in [2.05, 4.69) is 11.9 Å². The number of fused-ring (bicyclic) bond motifs is 3. The highest BCUT2D eigenvalue weighted by Crippen LogP contribution is 2.36. The van der Waals surface area contributed by atoms with Gasteiger partial charge < -0.3 is 9.17 Å². The Morgan fingerprint density at radius 2 is 1.81 bits per heavy atom. The molecule has 0 aliphatic heterocycles. The Morgan fingerprint density at radius 1 is 1.09 bits per heavy atom. The topological polar surface area (TPSA) is 89.1 Å². The molecule has 1 N–H and O–H groups in total. The lowest BCUT2D eigenvalue weighted by molar-refractivity contribution is 0.486. The molecule has 2 heterocycles. The molecule has 164 valence electrons. The fraction of sp³-hybridized carbons (Fsp3) is 0.250. The molecule has 4 aromatic rings. The molecule has 1 atom stereocenters. The Balaban J connectivity index is 1.44. The van der Waals surface area contributed by atoms with Crippen molar-refractivity contribution < 1.29 is 12.6 Å². The molecule has 6 nitrogen and oxygen atoms in total. The number of aromatic amines is 1. The van der Waals surface area contributed by atoms with Gasteiger partial charge in [-0.25, -0.2) is 4.98 Å². The second kappa shape index (κ2) is 7.86. The summed E-state index contributed by atoms with van der Waals surface area (Å²) in [6.07, 6.45) is 3.00. The first-order valence-corrected chi connectivity index (χ1v) is 12.7. The smallest absolute Gasteiger partial charge is 0.339 e. The van der Waals surface area contributed by atoms with E-state index in [-0.39, 0.29) is 16.2 Å². The summed E-state index contributed by atoms with van der Waals surface area (Å²) in [6.45, 7) is 4.12. The standard InChI is InChI=1S/C24H22N2O4S2/c1-14-3-10-18(11-4-14)32(28,29)30-17-8-6-16(7-9-17)22-25-23(27)21-19-12-5-15(2)13-20(19)31-24(21)26-22/h3-4,6-11,15H,5,12-13H2,1-2H3,(H,25,26,27)/t15-/m0/s1. The third-order valence-electron chi connectivity index (χ3n) is 5.81. The largest absolute Gasteiger partial charge is 0.379 e. The van der Waals surface area contributed by atoms with Gasteiger partial charge in [0.15, 0.2) is 0 Å². The molecule has 8 heteroatoms. The van der Waals surface area contributed by atoms with Crippen molar-refractivity contribution in [2.24, 2.45) is 5.92 Å². The number of H-pyrrole nitrogens is 1. The van der Waals surface area contributed by atoms with Gasteiger partial charge in [-0.2, -0.15) is 8.42 Å². The van der Waals surface area contributed by atoms with Crippen molar-refractivity contribution in [2.45, 2.75) is 38.0 Å². The molecule has 0 saturated carbocycles. The van der Waals surface area contributed by atoms with Gasteiger partial charge in [-0.3, -0.25) is 4.79 Å². The van der Waals surface area contributed by atoms with Crippen molar-refractivity contribution in [2.75, 3.05) is 0 Å². The molecule has 0 spiro atoms. The van der Waals surface area contributed by atoms with Crippen LogP contribution < -0.4 is 9.74 Å². The fourth-order valence-corrected chi connectivity index (χ4v) is 6.35. The molecule has 0 fully saturated rings. The third kappa shape index (κ3) is 3.84. The van der Waals surface area contributed by atoms with Gasteiger partial charge in [0, 0.05) is 10.4 Å². The Morgan fingerprint density at radius 3 is 2.53 bits per heavy atom. The van der Waals surface area contributed by atoms with Crippen molar-refractivity contribution in [1.29, 1.82) is 0 Å². The van der Waals surface area contributed by atoms with Crippen molar-refractivity contribution >= 4 is 31.7 Å². The first-order chi connectivity index (χ1) is 15.3. The molecule has 1 aliphatic carbocycles. The summed E-state index contributed by atoms with van der Waals surface area (Å²) in [4.78, 5) is 22.5. The zero-order valence-corrected chi connectivity index (χ0v) is 19.3. The molecule has 0 radical (unpaired) electrons. The number of benzene rings is 2. The van der Waals surface area contributed by atoms with Crippen molar-refractivity contribution in [3.8, 4) is 17.1 Å². The normalized spacial score (nSPS) is 16.1. The van der Waals surface area contributed by atoms with Gasteiger partial charge in [0.25, 0.3) is 5.56 Å². The van der Waals surface area contributed by atoms with Crippen molar-refractivity contribution in [1.82, 2.24) is 9.97 Å². The van der Waals surface area contributed by atoms with Crippen LogP contribution in [0.5, 0.6) is 5.75 Å². The molecule has 2 aromatic carbocycles. The quantitative estimate of drug-likeness (QED) is 0.434. The van der Waals surface area contributed by atoms with Crippen LogP contribution in [0.3, 0.4) is 0 Å². The average molecular weight is 467 g/mol. The summed E-state index contributed by atoms with van der Waals surface area (Å²) < 4.78 is 30.3. The summed E-state index contributed by atoms with van der Waals surface area (Å²) in [5.41, 5.74) is 2.67. The molecule has 1 aliphatic rings. The number of thiophene rings is 1. The second-order valence-electron chi connectivity index (χ2n) is 8.32. The molecule has 0 unspecified atom stereocenters. The van der Waals surface area contributed by atoms with E-state index in [1.54, 1.807) is 47.7 Å². The minimum atomic E-state index is -3.92. The van der Waals surface area contributed by atoms with E-state index in [0.717, 1.165) is 35.2 Å². The Kier molecular flexibility index (Phi) is 5.14. The van der Waals surface area contributed by atoms with Crippen LogP contribution in [0.15, 0.2) is 58.2 Å². The van der Waals surface area contributed by atoms with Gasteiger partial charge >= 0.3 is 10.1 Å². The van der Waals surface area contributed by atoms with Gasteiger partial charge in [-0.1, -0.05) is 24.6 Å². The molecular weight excluding hydrogens is 444 g/mol. The van der Waals surface area contributed by atoms with E-state index in [9.17, 15) is 13.2 Å². The van der Waals surface area contributed by atoms with Crippen LogP contribution in [0.25, 0.3) is 21.6 Å². The average Bonchev–Trinajstić information content (AvgIpc) is 3.12. The summed E-state index contributed by atoms with van der Waals surface area (Å²) in [5.74, 6) is 1.28. The maximum atomic E-state index is 12.8. The van der Waals surface area contributed by atoms with Gasteiger partial charge in [-0.05, 0) is 74.1 Å². The molecule has 0 amide bonds. The zero-order chi connectivity index (χ0) is 22.5. The van der Waals surface area contributed by atoms with Gasteiger partial charge in [-0.15, -0.1) is 11.3 Å². The molecule has 0 bridgehead atoms. The lowest BCUT2D eigenvalue weighted by atomic mass is 9.89. The van der Waals surface area contributed by atoms with Gasteiger partial charge in [0.05, 0.1) is 5.39 Å². The summed E-state index contributed by atoms with van der Waals surface area (Å²) in [6, 6.07) is 13.0. The first-order valence-electron chi connectivity index (χ1n) is 10.5. The number of hydrogen-bond donors (Lipinski definition) is 1. The number of rotatable bonds is 4. The lowest BCUT2D eigenvalue weighted by Crippen LogP contribution is -2.13. The Labute approximate surface area is 190 Å². The highest BCUT2D eigenvalue weighted by Gasteiger charge is 2.23. The van der Waals surface area contributed by atoms with Crippen LogP contribution in [0.1, 0.15) is 29.3 Å². The maximum Gasteiger partial charge on any atom is 0.339 e. The predicted molar refractivity (Wildman–Crippen MR) is 126 cm³/mol. The Hall–Kier alpha value is -2.97. The first kappa shape index (κ1) is 20.9. The zero-order valence-electron chi connectivity index (χ0n) is 17.7. The molecular formula is C24H22N2O4S2. The van der Waals surface area contributed by atoms with E-state index >= 15 is 0 Å². The van der Waals surface area contributed by atoms with E-state index in [1.807, 2.05) is 6.92 Å². The van der Waals surface area contributed by atoms with E-state index < -0.39 is 10.1 Å². The molecule has 32 heavy (non-hydrogen) atoms. The van der Waals surface area contributed by atoms with Crippen molar-refractivity contribution in [3.05, 3.63) is 74.9 Å². The Bertz CT molecular complexity index is 1470. The molecule has 5 rings (SSSR count). The maximum absolute atomic E-state index is 12.8. The second-order valence-corrected chi connectivity index (χ2v) is 11.0. The minimum absolute atomic E-state index is 0.0969. The number of aromatic nitrogens is 2. The SMILES string of the molecule is Cc1ccc(S(=O)(=O)Oc2ccc(-c3nc4sc5c(c4c(=O)[nH]3)CC[C@H](C)C5)cc2)cc1. The number of nitrogens with one attached hydrogen (secondary N) is 1. The van der Waals surface area contributed by atoms with E-state index in [4.69, 9.17) is 9.17 Å². The summed E-state index contributed by atoms with van der Waals surface area (Å²) >= 11 is 1.60.